The molecule has 5 N–H and O–H groups in total. The number of carbonyl (C=O) groups is 3. The number of aliphatic hydroxyl groups is 1. The van der Waals surface area contributed by atoms with Crippen LogP contribution in [0.3, 0.4) is 0 Å². The molecular formula is C23H35N8O9PS. The highest BCUT2D eigenvalue weighted by atomic mass is 32.7. The molecule has 0 aliphatic carbocycles. The first-order valence-corrected chi connectivity index (χ1v) is 16.2. The molecule has 4 heterocycles. The Labute approximate surface area is 245 Å². The van der Waals surface area contributed by atoms with Crippen LogP contribution in [-0.4, -0.2) is 104 Å². The van der Waals surface area contributed by atoms with Crippen LogP contribution in [0.5, 0.6) is 5.88 Å². The van der Waals surface area contributed by atoms with Crippen LogP contribution in [0.4, 0.5) is 10.7 Å². The molecule has 0 aromatic carbocycles. The van der Waals surface area contributed by atoms with Gasteiger partial charge >= 0.3 is 18.7 Å². The van der Waals surface area contributed by atoms with Crippen molar-refractivity contribution in [2.75, 3.05) is 32.3 Å². The Morgan fingerprint density at radius 1 is 1.38 bits per heavy atom. The van der Waals surface area contributed by atoms with E-state index in [1.165, 1.54) is 32.0 Å². The van der Waals surface area contributed by atoms with Crippen molar-refractivity contribution in [3.8, 4) is 5.88 Å². The number of hydrogen-bond donors (Lipinski definition) is 4. The van der Waals surface area contributed by atoms with E-state index in [9.17, 15) is 24.1 Å². The molecular weight excluding hydrogens is 595 g/mol. The number of hydrogen-bond acceptors (Lipinski definition) is 14. The molecule has 232 valence electrons. The number of nitrogens with zero attached hydrogens (tertiary/aromatic N) is 5. The monoisotopic (exact) mass is 630 g/mol. The average molecular weight is 631 g/mol. The van der Waals surface area contributed by atoms with Gasteiger partial charge < -0.3 is 34.9 Å². The first kappa shape index (κ1) is 31.9. The Morgan fingerprint density at radius 2 is 2.10 bits per heavy atom. The topological polar surface area (TPSA) is 222 Å². The van der Waals surface area contributed by atoms with Crippen LogP contribution in [0, 0.1) is 0 Å². The molecule has 2 fully saturated rings. The molecule has 6 atom stereocenters. The van der Waals surface area contributed by atoms with Crippen LogP contribution < -0.4 is 20.9 Å². The molecule has 2 aromatic rings. The van der Waals surface area contributed by atoms with Gasteiger partial charge in [0.2, 0.25) is 11.8 Å². The van der Waals surface area contributed by atoms with E-state index in [4.69, 9.17) is 24.5 Å². The second kappa shape index (κ2) is 12.3. The summed E-state index contributed by atoms with van der Waals surface area (Å²) in [5.74, 6) is -1.14. The summed E-state index contributed by atoms with van der Waals surface area (Å²) in [7, 11) is 2.75. The van der Waals surface area contributed by atoms with Gasteiger partial charge in [-0.3, -0.25) is 23.6 Å². The number of fused-ring (bicyclic) bond motifs is 1. The van der Waals surface area contributed by atoms with E-state index in [0.717, 1.165) is 16.3 Å². The molecule has 19 heteroatoms. The predicted octanol–water partition coefficient (Wildman–Crippen LogP) is 0.793. The van der Waals surface area contributed by atoms with E-state index in [0.29, 0.717) is 5.52 Å². The summed E-state index contributed by atoms with van der Waals surface area (Å²) in [6.07, 6.45) is -0.639. The second-order valence-corrected chi connectivity index (χ2v) is 14.7. The van der Waals surface area contributed by atoms with Gasteiger partial charge in [-0.25, -0.2) is 14.9 Å². The van der Waals surface area contributed by atoms with Crippen LogP contribution in [0.2, 0.25) is 0 Å². The van der Waals surface area contributed by atoms with E-state index in [2.05, 4.69) is 25.4 Å². The molecule has 0 saturated carbocycles. The molecule has 42 heavy (non-hydrogen) atoms. The SMILES string of the molecule is COc1nc(N)nc2c1ncn2C1OC(COP(=O)(NC(C)C(=O)OC(C)C)SCC2NC(=O)N(C)C2=O)C[C@@]1(C)O. The zero-order chi connectivity index (χ0) is 31.0. The number of nitrogens with two attached hydrogens (primary N) is 1. The second-order valence-electron chi connectivity index (χ2n) is 10.4. The van der Waals surface area contributed by atoms with E-state index in [-0.39, 0.29) is 36.3 Å². The number of anilines is 1. The number of imide groups is 1. The summed E-state index contributed by atoms with van der Waals surface area (Å²) in [5, 5.41) is 16.4. The number of methoxy groups -OCH3 is 1. The number of aromatic nitrogens is 4. The number of ether oxygens (including phenoxy) is 3. The van der Waals surface area contributed by atoms with Crippen molar-refractivity contribution in [3.63, 3.8) is 0 Å². The van der Waals surface area contributed by atoms with Gasteiger partial charge in [-0.1, -0.05) is 11.4 Å². The summed E-state index contributed by atoms with van der Waals surface area (Å²) < 4.78 is 37.8. The summed E-state index contributed by atoms with van der Waals surface area (Å²) in [4.78, 5) is 50.1. The van der Waals surface area contributed by atoms with Gasteiger partial charge in [0.15, 0.2) is 17.4 Å². The third-order valence-electron chi connectivity index (χ3n) is 6.48. The van der Waals surface area contributed by atoms with E-state index >= 15 is 0 Å². The first-order chi connectivity index (χ1) is 19.6. The van der Waals surface area contributed by atoms with Crippen molar-refractivity contribution in [1.29, 1.82) is 0 Å². The lowest BCUT2D eigenvalue weighted by atomic mass is 10.0. The molecule has 5 unspecified atom stereocenters. The normalized spacial score (nSPS) is 26.5. The van der Waals surface area contributed by atoms with Crippen LogP contribution in [0.1, 0.15) is 40.3 Å². The van der Waals surface area contributed by atoms with E-state index < -0.39 is 60.7 Å². The molecule has 0 radical (unpaired) electrons. The predicted molar refractivity (Wildman–Crippen MR) is 150 cm³/mol. The van der Waals surface area contributed by atoms with Gasteiger partial charge in [0.1, 0.15) is 17.7 Å². The van der Waals surface area contributed by atoms with Crippen molar-refractivity contribution < 1.29 is 42.8 Å². The van der Waals surface area contributed by atoms with Gasteiger partial charge in [0.25, 0.3) is 5.91 Å². The summed E-state index contributed by atoms with van der Waals surface area (Å²) >= 11 is 0.757. The molecule has 3 amide bonds. The van der Waals surface area contributed by atoms with Gasteiger partial charge in [-0.15, -0.1) is 0 Å². The summed E-state index contributed by atoms with van der Waals surface area (Å²) in [5.41, 5.74) is 4.98. The fraction of sp³-hybridized carbons (Fsp3) is 0.652. The smallest absolute Gasteiger partial charge is 0.327 e. The van der Waals surface area contributed by atoms with Gasteiger partial charge in [0.05, 0.1) is 32.3 Å². The van der Waals surface area contributed by atoms with Crippen molar-refractivity contribution in [1.82, 2.24) is 34.8 Å². The largest absolute Gasteiger partial charge is 0.479 e. The average Bonchev–Trinajstić information content (AvgIpc) is 3.54. The highest BCUT2D eigenvalue weighted by Crippen LogP contribution is 2.57. The highest BCUT2D eigenvalue weighted by Gasteiger charge is 2.47. The van der Waals surface area contributed by atoms with Crippen molar-refractivity contribution in [2.45, 2.75) is 70.2 Å². The Hall–Kier alpha value is -3.02. The minimum absolute atomic E-state index is 0.0593. The lowest BCUT2D eigenvalue weighted by Crippen LogP contribution is -2.36. The fourth-order valence-electron chi connectivity index (χ4n) is 4.47. The van der Waals surface area contributed by atoms with Crippen LogP contribution in [0.15, 0.2) is 6.33 Å². The van der Waals surface area contributed by atoms with Crippen molar-refractivity contribution >= 4 is 53.1 Å². The van der Waals surface area contributed by atoms with E-state index in [1.807, 2.05) is 0 Å². The number of carbonyl (C=O) groups excluding carboxylic acids is 3. The Morgan fingerprint density at radius 3 is 2.71 bits per heavy atom. The number of esters is 1. The lowest BCUT2D eigenvalue weighted by molar-refractivity contribution is -0.149. The molecule has 2 aliphatic heterocycles. The minimum Gasteiger partial charge on any atom is -0.479 e. The third-order valence-corrected chi connectivity index (χ3v) is 10.6. The lowest BCUT2D eigenvalue weighted by Gasteiger charge is -2.25. The van der Waals surface area contributed by atoms with Gasteiger partial charge in [-0.05, 0) is 27.7 Å². The van der Waals surface area contributed by atoms with Crippen LogP contribution in [0.25, 0.3) is 11.2 Å². The highest BCUT2D eigenvalue weighted by molar-refractivity contribution is 8.56. The molecule has 2 aromatic heterocycles. The third kappa shape index (κ3) is 6.79. The first-order valence-electron chi connectivity index (χ1n) is 13.0. The Balaban J connectivity index is 1.50. The minimum atomic E-state index is -3.91. The Bertz CT molecular complexity index is 1410. The van der Waals surface area contributed by atoms with Crippen LogP contribution in [-0.2, 0) is 28.2 Å². The number of urea groups is 1. The maximum Gasteiger partial charge on any atom is 0.327 e. The molecule has 2 saturated heterocycles. The standard InChI is InChI=1S/C23H35N8O9PS/c1-11(2)39-19(33)12(3)29-41(36,42-9-14-18(32)30(5)22(34)26-14)38-8-13-7-23(4,35)20(40-13)31-10-25-15-16(31)27-21(24)28-17(15)37-6/h10-14,20,35H,7-9H2,1-6H3,(H,26,34)(H,29,36)(H2,24,27,28)/t12?,13?,14?,20?,23-,41?/m1/s1. The number of nitrogen functional groups attached to an aromatic ring is 1. The number of nitrogens with one attached hydrogen (secondary N) is 2. The van der Waals surface area contributed by atoms with Crippen molar-refractivity contribution in [3.05, 3.63) is 6.33 Å². The molecule has 2 aliphatic rings. The molecule has 0 spiro atoms. The summed E-state index contributed by atoms with van der Waals surface area (Å²) in [6, 6.07) is -2.54. The maximum absolute atomic E-state index is 14.0. The number of amides is 3. The van der Waals surface area contributed by atoms with Crippen molar-refractivity contribution in [2.24, 2.45) is 0 Å². The molecule has 17 nitrogen and oxygen atoms in total. The Kier molecular flexibility index (Phi) is 9.34. The molecule has 4 rings (SSSR count). The fourth-order valence-corrected chi connectivity index (χ4v) is 8.34. The van der Waals surface area contributed by atoms with Gasteiger partial charge in [-0.2, -0.15) is 9.97 Å². The summed E-state index contributed by atoms with van der Waals surface area (Å²) in [6.45, 7) is 2.22. The zero-order valence-electron chi connectivity index (χ0n) is 24.0. The molecule has 0 bridgehead atoms. The van der Waals surface area contributed by atoms with Crippen LogP contribution >= 0.6 is 18.1 Å². The number of likely N-dealkylation sites (N-methyl/N-ethyl adjacent to an activating group) is 1. The maximum atomic E-state index is 14.0. The quantitative estimate of drug-likeness (QED) is 0.145. The number of rotatable bonds is 12. The van der Waals surface area contributed by atoms with Gasteiger partial charge in [0, 0.05) is 19.2 Å². The van der Waals surface area contributed by atoms with E-state index in [1.54, 1.807) is 20.8 Å². The zero-order valence-corrected chi connectivity index (χ0v) is 25.7. The number of imidazole rings is 1.